The summed E-state index contributed by atoms with van der Waals surface area (Å²) in [5.41, 5.74) is 3.70. The lowest BCUT2D eigenvalue weighted by Gasteiger charge is -2.28. The fraction of sp³-hybridized carbons (Fsp3) is 0.400. The molecule has 0 aromatic heterocycles. The van der Waals surface area contributed by atoms with E-state index in [1.54, 1.807) is 6.08 Å². The van der Waals surface area contributed by atoms with Gasteiger partial charge in [0.25, 0.3) is 0 Å². The van der Waals surface area contributed by atoms with E-state index in [1.807, 2.05) is 6.07 Å². The lowest BCUT2D eigenvalue weighted by atomic mass is 9.97. The molecule has 0 spiro atoms. The minimum Gasteiger partial charge on any atom is -0.374 e. The molecular formula is C15H19N3. The van der Waals surface area contributed by atoms with Gasteiger partial charge in [0.15, 0.2) is 0 Å². The highest BCUT2D eigenvalue weighted by atomic mass is 15.1. The van der Waals surface area contributed by atoms with Crippen LogP contribution in [-0.4, -0.2) is 20.1 Å². The van der Waals surface area contributed by atoms with Crippen molar-refractivity contribution in [3.63, 3.8) is 0 Å². The van der Waals surface area contributed by atoms with Crippen molar-refractivity contribution in [3.05, 3.63) is 42.0 Å². The van der Waals surface area contributed by atoms with E-state index >= 15 is 0 Å². The van der Waals surface area contributed by atoms with E-state index in [-0.39, 0.29) is 6.04 Å². The maximum absolute atomic E-state index is 9.20. The first-order valence-corrected chi connectivity index (χ1v) is 6.34. The van der Waals surface area contributed by atoms with Crippen molar-refractivity contribution in [3.8, 4) is 6.07 Å². The van der Waals surface area contributed by atoms with Crippen LogP contribution in [0.25, 0.3) is 0 Å². The van der Waals surface area contributed by atoms with Gasteiger partial charge in [-0.05, 0) is 30.0 Å². The third-order valence-electron chi connectivity index (χ3n) is 3.38. The maximum Gasteiger partial charge on any atom is 0.121 e. The zero-order valence-corrected chi connectivity index (χ0v) is 10.8. The van der Waals surface area contributed by atoms with E-state index < -0.39 is 0 Å². The van der Waals surface area contributed by atoms with Crippen LogP contribution in [-0.2, 0) is 6.42 Å². The van der Waals surface area contributed by atoms with E-state index in [0.29, 0.717) is 6.54 Å². The van der Waals surface area contributed by atoms with Crippen molar-refractivity contribution in [1.29, 1.82) is 5.26 Å². The Morgan fingerprint density at radius 1 is 1.61 bits per heavy atom. The second-order valence-electron chi connectivity index (χ2n) is 4.67. The van der Waals surface area contributed by atoms with Gasteiger partial charge in [0.1, 0.15) is 6.04 Å². The smallest absolute Gasteiger partial charge is 0.121 e. The Balaban J connectivity index is 2.24. The number of hydrogen-bond donors (Lipinski definition) is 1. The molecule has 1 N–H and O–H groups in total. The molecule has 0 aliphatic carbocycles. The van der Waals surface area contributed by atoms with Gasteiger partial charge in [0, 0.05) is 25.8 Å². The number of rotatable bonds is 4. The molecule has 0 saturated carbocycles. The number of nitrogens with zero attached hydrogens (tertiary/aromatic N) is 2. The van der Waals surface area contributed by atoms with Crippen molar-refractivity contribution in [2.45, 2.75) is 18.9 Å². The van der Waals surface area contributed by atoms with Crippen LogP contribution in [0.5, 0.6) is 0 Å². The average molecular weight is 241 g/mol. The van der Waals surface area contributed by atoms with Crippen molar-refractivity contribution in [1.82, 2.24) is 5.32 Å². The first-order valence-electron chi connectivity index (χ1n) is 6.34. The largest absolute Gasteiger partial charge is 0.374 e. The third-order valence-corrected chi connectivity index (χ3v) is 3.38. The summed E-state index contributed by atoms with van der Waals surface area (Å²) in [5.74, 6) is 0. The number of benzene rings is 1. The van der Waals surface area contributed by atoms with E-state index in [1.165, 1.54) is 17.7 Å². The standard InChI is InChI=1S/C15H19N3/c1-3-8-17-14(11-16)12-6-7-15-13(10-12)5-4-9-18(15)2/h3,6-7,10,14,17H,1,4-5,8-9H2,2H3. The summed E-state index contributed by atoms with van der Waals surface area (Å²) in [6.45, 7) is 5.42. The highest BCUT2D eigenvalue weighted by Gasteiger charge is 2.16. The average Bonchev–Trinajstić information content (AvgIpc) is 2.40. The Morgan fingerprint density at radius 2 is 2.44 bits per heavy atom. The van der Waals surface area contributed by atoms with Gasteiger partial charge in [0.05, 0.1) is 6.07 Å². The third kappa shape index (κ3) is 2.55. The molecule has 18 heavy (non-hydrogen) atoms. The van der Waals surface area contributed by atoms with E-state index in [2.05, 4.69) is 42.0 Å². The second kappa shape index (κ2) is 5.70. The summed E-state index contributed by atoms with van der Waals surface area (Å²) < 4.78 is 0. The van der Waals surface area contributed by atoms with Crippen LogP contribution in [0.3, 0.4) is 0 Å². The molecule has 94 valence electrons. The quantitative estimate of drug-likeness (QED) is 0.823. The SMILES string of the molecule is C=CCNC(C#N)c1ccc2c(c1)CCCN2C. The Kier molecular flexibility index (Phi) is 4.01. The van der Waals surface area contributed by atoms with Crippen molar-refractivity contribution >= 4 is 5.69 Å². The van der Waals surface area contributed by atoms with Crippen LogP contribution >= 0.6 is 0 Å². The first-order chi connectivity index (χ1) is 8.76. The van der Waals surface area contributed by atoms with Crippen molar-refractivity contribution < 1.29 is 0 Å². The van der Waals surface area contributed by atoms with E-state index in [4.69, 9.17) is 0 Å². The number of nitriles is 1. The molecular weight excluding hydrogens is 222 g/mol. The fourth-order valence-electron chi connectivity index (χ4n) is 2.42. The monoisotopic (exact) mass is 241 g/mol. The number of anilines is 1. The molecule has 3 heteroatoms. The highest BCUT2D eigenvalue weighted by Crippen LogP contribution is 2.28. The zero-order chi connectivity index (χ0) is 13.0. The minimum atomic E-state index is -0.250. The Morgan fingerprint density at radius 3 is 3.17 bits per heavy atom. The summed E-state index contributed by atoms with van der Waals surface area (Å²) >= 11 is 0. The van der Waals surface area contributed by atoms with Gasteiger partial charge in [0.2, 0.25) is 0 Å². The molecule has 1 aromatic rings. The zero-order valence-electron chi connectivity index (χ0n) is 10.8. The molecule has 1 aliphatic heterocycles. The molecule has 1 unspecified atom stereocenters. The molecule has 0 radical (unpaired) electrons. The summed E-state index contributed by atoms with van der Waals surface area (Å²) in [7, 11) is 2.12. The molecule has 2 rings (SSSR count). The Bertz CT molecular complexity index is 473. The minimum absolute atomic E-state index is 0.250. The topological polar surface area (TPSA) is 39.1 Å². The van der Waals surface area contributed by atoms with Crippen LogP contribution in [0.4, 0.5) is 5.69 Å². The van der Waals surface area contributed by atoms with E-state index in [0.717, 1.165) is 18.5 Å². The van der Waals surface area contributed by atoms with Crippen molar-refractivity contribution in [2.75, 3.05) is 25.0 Å². The van der Waals surface area contributed by atoms with Crippen LogP contribution in [0.2, 0.25) is 0 Å². The Labute approximate surface area is 109 Å². The molecule has 0 saturated heterocycles. The molecule has 1 aliphatic rings. The molecule has 1 atom stereocenters. The molecule has 3 nitrogen and oxygen atoms in total. The van der Waals surface area contributed by atoms with E-state index in [9.17, 15) is 5.26 Å². The molecule has 1 aromatic carbocycles. The first kappa shape index (κ1) is 12.7. The summed E-state index contributed by atoms with van der Waals surface area (Å²) in [6.07, 6.45) is 4.06. The summed E-state index contributed by atoms with van der Waals surface area (Å²) in [6, 6.07) is 8.39. The summed E-state index contributed by atoms with van der Waals surface area (Å²) in [4.78, 5) is 2.28. The number of nitrogens with one attached hydrogen (secondary N) is 1. The highest BCUT2D eigenvalue weighted by molar-refractivity contribution is 5.56. The molecule has 0 bridgehead atoms. The van der Waals surface area contributed by atoms with Gasteiger partial charge in [-0.2, -0.15) is 5.26 Å². The Hall–Kier alpha value is -1.79. The maximum atomic E-state index is 9.20. The number of aryl methyl sites for hydroxylation is 1. The van der Waals surface area contributed by atoms with Crippen LogP contribution in [0.15, 0.2) is 30.9 Å². The van der Waals surface area contributed by atoms with Gasteiger partial charge in [-0.1, -0.05) is 18.2 Å². The van der Waals surface area contributed by atoms with Gasteiger partial charge in [-0.25, -0.2) is 0 Å². The molecule has 1 heterocycles. The number of hydrogen-bond acceptors (Lipinski definition) is 3. The van der Waals surface area contributed by atoms with Gasteiger partial charge in [-0.15, -0.1) is 6.58 Å². The lowest BCUT2D eigenvalue weighted by Crippen LogP contribution is -2.25. The molecule has 0 amide bonds. The van der Waals surface area contributed by atoms with Crippen LogP contribution < -0.4 is 10.2 Å². The van der Waals surface area contributed by atoms with Crippen LogP contribution in [0, 0.1) is 11.3 Å². The normalized spacial score (nSPS) is 15.7. The second-order valence-corrected chi connectivity index (χ2v) is 4.67. The summed E-state index contributed by atoms with van der Waals surface area (Å²) in [5, 5.41) is 12.4. The van der Waals surface area contributed by atoms with Crippen LogP contribution in [0.1, 0.15) is 23.6 Å². The van der Waals surface area contributed by atoms with Crippen molar-refractivity contribution in [2.24, 2.45) is 0 Å². The van der Waals surface area contributed by atoms with Gasteiger partial charge >= 0.3 is 0 Å². The lowest BCUT2D eigenvalue weighted by molar-refractivity contribution is 0.678. The molecule has 0 fully saturated rings. The number of fused-ring (bicyclic) bond motifs is 1. The van der Waals surface area contributed by atoms with Gasteiger partial charge in [-0.3, -0.25) is 5.32 Å². The predicted molar refractivity (Wildman–Crippen MR) is 74.6 cm³/mol. The van der Waals surface area contributed by atoms with Gasteiger partial charge < -0.3 is 4.90 Å². The fourth-order valence-corrected chi connectivity index (χ4v) is 2.42. The predicted octanol–water partition coefficient (Wildman–Crippen LogP) is 2.41.